The molecular formula is C9H10F3N. The van der Waals surface area contributed by atoms with E-state index in [1.807, 2.05) is 0 Å². The second kappa shape index (κ2) is 3.28. The summed E-state index contributed by atoms with van der Waals surface area (Å²) in [7, 11) is 0. The molecule has 1 aromatic carbocycles. The van der Waals surface area contributed by atoms with E-state index in [1.54, 1.807) is 13.8 Å². The van der Waals surface area contributed by atoms with Crippen LogP contribution in [0.3, 0.4) is 0 Å². The number of nitrogens with two attached hydrogens (primary N) is 1. The van der Waals surface area contributed by atoms with Gasteiger partial charge in [-0.15, -0.1) is 0 Å². The van der Waals surface area contributed by atoms with E-state index in [0.29, 0.717) is 0 Å². The van der Waals surface area contributed by atoms with Crippen LogP contribution in [0.15, 0.2) is 6.07 Å². The number of benzene rings is 1. The van der Waals surface area contributed by atoms with Gasteiger partial charge in [0.05, 0.1) is 0 Å². The number of hydrogen-bond donors (Lipinski definition) is 1. The lowest BCUT2D eigenvalue weighted by Crippen LogP contribution is -2.04. The molecule has 72 valence electrons. The zero-order valence-electron chi connectivity index (χ0n) is 7.37. The van der Waals surface area contributed by atoms with Crippen LogP contribution in [-0.4, -0.2) is 0 Å². The molecule has 0 heterocycles. The van der Waals surface area contributed by atoms with Crippen LogP contribution in [0, 0.1) is 17.5 Å². The van der Waals surface area contributed by atoms with Crippen molar-refractivity contribution < 1.29 is 13.2 Å². The van der Waals surface area contributed by atoms with Crippen molar-refractivity contribution in [1.29, 1.82) is 0 Å². The SMILES string of the molecule is CC(C)c1cc(F)c(N)c(F)c1F. The van der Waals surface area contributed by atoms with Gasteiger partial charge in [0.25, 0.3) is 0 Å². The standard InChI is InChI=1S/C9H10F3N/c1-4(2)5-3-6(10)9(13)8(12)7(5)11/h3-4H,13H2,1-2H3. The highest BCUT2D eigenvalue weighted by Crippen LogP contribution is 2.26. The summed E-state index contributed by atoms with van der Waals surface area (Å²) < 4.78 is 38.8. The van der Waals surface area contributed by atoms with Gasteiger partial charge in [-0.2, -0.15) is 0 Å². The molecule has 0 saturated heterocycles. The molecule has 4 heteroatoms. The first kappa shape index (κ1) is 9.89. The average Bonchev–Trinajstić information content (AvgIpc) is 2.07. The highest BCUT2D eigenvalue weighted by molar-refractivity contribution is 5.44. The van der Waals surface area contributed by atoms with Crippen molar-refractivity contribution in [3.05, 3.63) is 29.1 Å². The molecule has 1 aromatic rings. The van der Waals surface area contributed by atoms with Gasteiger partial charge >= 0.3 is 0 Å². The van der Waals surface area contributed by atoms with Crippen LogP contribution in [0.25, 0.3) is 0 Å². The summed E-state index contributed by atoms with van der Waals surface area (Å²) in [6, 6.07) is 0.929. The molecule has 0 unspecified atom stereocenters. The third-order valence-corrected chi connectivity index (χ3v) is 1.84. The molecule has 0 aliphatic heterocycles. The molecule has 13 heavy (non-hydrogen) atoms. The van der Waals surface area contributed by atoms with Gasteiger partial charge < -0.3 is 5.73 Å². The summed E-state index contributed by atoms with van der Waals surface area (Å²) in [5, 5.41) is 0. The Morgan fingerprint density at radius 3 is 2.15 bits per heavy atom. The van der Waals surface area contributed by atoms with Crippen LogP contribution in [0.1, 0.15) is 25.3 Å². The van der Waals surface area contributed by atoms with Crippen molar-refractivity contribution >= 4 is 5.69 Å². The quantitative estimate of drug-likeness (QED) is 0.533. The van der Waals surface area contributed by atoms with E-state index in [0.717, 1.165) is 6.07 Å². The summed E-state index contributed by atoms with van der Waals surface area (Å²) in [6.45, 7) is 3.29. The second-order valence-corrected chi connectivity index (χ2v) is 3.14. The summed E-state index contributed by atoms with van der Waals surface area (Å²) in [5.41, 5.74) is 4.20. The molecule has 0 aromatic heterocycles. The number of anilines is 1. The van der Waals surface area contributed by atoms with Crippen LogP contribution in [0.4, 0.5) is 18.9 Å². The van der Waals surface area contributed by atoms with Crippen LogP contribution < -0.4 is 5.73 Å². The predicted octanol–water partition coefficient (Wildman–Crippen LogP) is 2.81. The van der Waals surface area contributed by atoms with Crippen LogP contribution in [0.5, 0.6) is 0 Å². The van der Waals surface area contributed by atoms with E-state index in [4.69, 9.17) is 5.73 Å². The van der Waals surface area contributed by atoms with Crippen LogP contribution in [-0.2, 0) is 0 Å². The van der Waals surface area contributed by atoms with E-state index in [1.165, 1.54) is 0 Å². The Balaban J connectivity index is 3.41. The molecule has 0 saturated carbocycles. The first-order chi connectivity index (χ1) is 5.95. The summed E-state index contributed by atoms with van der Waals surface area (Å²) >= 11 is 0. The van der Waals surface area contributed by atoms with E-state index in [-0.39, 0.29) is 11.5 Å². The van der Waals surface area contributed by atoms with Gasteiger partial charge in [0.2, 0.25) is 0 Å². The molecule has 0 fully saturated rings. The van der Waals surface area contributed by atoms with Crippen LogP contribution >= 0.6 is 0 Å². The lowest BCUT2D eigenvalue weighted by atomic mass is 10.0. The maximum absolute atomic E-state index is 13.1. The normalized spacial score (nSPS) is 10.9. The van der Waals surface area contributed by atoms with Crippen molar-refractivity contribution in [3.8, 4) is 0 Å². The number of rotatable bonds is 1. The molecule has 0 amide bonds. The Hall–Kier alpha value is -1.19. The molecule has 0 aliphatic rings. The average molecular weight is 189 g/mol. The van der Waals surface area contributed by atoms with E-state index < -0.39 is 23.1 Å². The van der Waals surface area contributed by atoms with Crippen LogP contribution in [0.2, 0.25) is 0 Å². The highest BCUT2D eigenvalue weighted by Gasteiger charge is 2.17. The van der Waals surface area contributed by atoms with Gasteiger partial charge in [-0.25, -0.2) is 13.2 Å². The summed E-state index contributed by atoms with van der Waals surface area (Å²) in [4.78, 5) is 0. The molecule has 1 nitrogen and oxygen atoms in total. The monoisotopic (exact) mass is 189 g/mol. The fourth-order valence-corrected chi connectivity index (χ4v) is 1.05. The first-order valence-corrected chi connectivity index (χ1v) is 3.88. The van der Waals surface area contributed by atoms with Gasteiger partial charge in [-0.1, -0.05) is 13.8 Å². The predicted molar refractivity (Wildman–Crippen MR) is 44.8 cm³/mol. The summed E-state index contributed by atoms with van der Waals surface area (Å²) in [5.74, 6) is -3.55. The molecule has 0 atom stereocenters. The van der Waals surface area contributed by atoms with E-state index in [2.05, 4.69) is 0 Å². The molecule has 2 N–H and O–H groups in total. The molecule has 0 radical (unpaired) electrons. The Morgan fingerprint density at radius 2 is 1.69 bits per heavy atom. The first-order valence-electron chi connectivity index (χ1n) is 3.88. The van der Waals surface area contributed by atoms with Gasteiger partial charge in [0.1, 0.15) is 11.5 Å². The van der Waals surface area contributed by atoms with Crippen molar-refractivity contribution in [2.75, 3.05) is 5.73 Å². The molecular weight excluding hydrogens is 179 g/mol. The Labute approximate surface area is 74.4 Å². The smallest absolute Gasteiger partial charge is 0.184 e. The largest absolute Gasteiger partial charge is 0.394 e. The third kappa shape index (κ3) is 1.61. The highest BCUT2D eigenvalue weighted by atomic mass is 19.2. The number of halogens is 3. The minimum atomic E-state index is -1.30. The summed E-state index contributed by atoms with van der Waals surface area (Å²) in [6.07, 6.45) is 0. The van der Waals surface area contributed by atoms with Crippen molar-refractivity contribution in [2.45, 2.75) is 19.8 Å². The zero-order valence-corrected chi connectivity index (χ0v) is 7.37. The van der Waals surface area contributed by atoms with Crippen molar-refractivity contribution in [2.24, 2.45) is 0 Å². The lowest BCUT2D eigenvalue weighted by Gasteiger charge is -2.09. The Morgan fingerprint density at radius 1 is 1.15 bits per heavy atom. The van der Waals surface area contributed by atoms with Gasteiger partial charge in [-0.3, -0.25) is 0 Å². The Kier molecular flexibility index (Phi) is 2.50. The number of nitrogen functional groups attached to an aromatic ring is 1. The minimum absolute atomic E-state index is 0.00389. The van der Waals surface area contributed by atoms with E-state index in [9.17, 15) is 13.2 Å². The Bertz CT molecular complexity index is 334. The third-order valence-electron chi connectivity index (χ3n) is 1.84. The van der Waals surface area contributed by atoms with Gasteiger partial charge in [0.15, 0.2) is 11.6 Å². The molecule has 0 aliphatic carbocycles. The minimum Gasteiger partial charge on any atom is -0.394 e. The van der Waals surface area contributed by atoms with Crippen molar-refractivity contribution in [3.63, 3.8) is 0 Å². The second-order valence-electron chi connectivity index (χ2n) is 3.14. The molecule has 1 rings (SSSR count). The molecule has 0 spiro atoms. The van der Waals surface area contributed by atoms with Crippen molar-refractivity contribution in [1.82, 2.24) is 0 Å². The molecule has 0 bridgehead atoms. The fourth-order valence-electron chi connectivity index (χ4n) is 1.05. The van der Waals surface area contributed by atoms with Gasteiger partial charge in [-0.05, 0) is 17.5 Å². The fraction of sp³-hybridized carbons (Fsp3) is 0.333. The van der Waals surface area contributed by atoms with Gasteiger partial charge in [0, 0.05) is 0 Å². The zero-order chi connectivity index (χ0) is 10.2. The maximum Gasteiger partial charge on any atom is 0.184 e. The lowest BCUT2D eigenvalue weighted by molar-refractivity contribution is 0.485. The maximum atomic E-state index is 13.1. The number of hydrogen-bond acceptors (Lipinski definition) is 1. The topological polar surface area (TPSA) is 26.0 Å². The van der Waals surface area contributed by atoms with E-state index >= 15 is 0 Å².